The van der Waals surface area contributed by atoms with Crippen molar-refractivity contribution in [2.75, 3.05) is 63.2 Å². The number of nitrogens with zero attached hydrogens (tertiary/aromatic N) is 6. The van der Waals surface area contributed by atoms with E-state index in [4.69, 9.17) is 14.7 Å². The van der Waals surface area contributed by atoms with Crippen molar-refractivity contribution in [3.05, 3.63) is 47.4 Å². The molecule has 0 saturated carbocycles. The standard InChI is InChI=1S/C26H35FN6O3/c1-6-22(35)31-11-13-32(14-12-31)25-19-9-10-33(24-21(34)8-7-17(2)23(24)27)16-20(19)28-26(29-25)36-18(3)15-30(4)5/h6-8,18,34H,1,9-16H2,2-5H3/t18-/m1/s1. The average molecular weight is 499 g/mol. The molecule has 0 radical (unpaired) electrons. The van der Waals surface area contributed by atoms with Crippen LogP contribution >= 0.6 is 0 Å². The number of anilines is 2. The van der Waals surface area contributed by atoms with Gasteiger partial charge in [0.15, 0.2) is 5.82 Å². The SMILES string of the molecule is C=CC(=O)N1CCN(c2nc(O[C@H](C)CN(C)C)nc3c2CCN(c2c(O)ccc(C)c2F)C3)CC1. The highest BCUT2D eigenvalue weighted by atomic mass is 19.1. The number of carbonyl (C=O) groups is 1. The van der Waals surface area contributed by atoms with Gasteiger partial charge in [-0.15, -0.1) is 0 Å². The molecule has 0 spiro atoms. The van der Waals surface area contributed by atoms with Crippen molar-refractivity contribution in [3.8, 4) is 11.8 Å². The number of carbonyl (C=O) groups excluding carboxylic acids is 1. The lowest BCUT2D eigenvalue weighted by Gasteiger charge is -2.38. The Kier molecular flexibility index (Phi) is 7.63. The Labute approximate surface area is 211 Å². The van der Waals surface area contributed by atoms with Crippen LogP contribution in [0.2, 0.25) is 0 Å². The molecule has 1 N–H and O–H groups in total. The van der Waals surface area contributed by atoms with Gasteiger partial charge in [-0.2, -0.15) is 9.97 Å². The van der Waals surface area contributed by atoms with Gasteiger partial charge >= 0.3 is 6.01 Å². The number of benzene rings is 1. The number of aromatic nitrogens is 2. The maximum absolute atomic E-state index is 15.0. The first kappa shape index (κ1) is 25.7. The van der Waals surface area contributed by atoms with E-state index in [-0.39, 0.29) is 29.5 Å². The molecular formula is C26H35FN6O3. The summed E-state index contributed by atoms with van der Waals surface area (Å²) in [6.45, 7) is 11.2. The number of likely N-dealkylation sites (N-methyl/N-ethyl adjacent to an activating group) is 1. The number of halogens is 1. The molecule has 1 fully saturated rings. The summed E-state index contributed by atoms with van der Waals surface area (Å²) in [5.74, 6) is 0.213. The van der Waals surface area contributed by atoms with Crippen LogP contribution in [0.4, 0.5) is 15.9 Å². The molecule has 194 valence electrons. The third-order valence-corrected chi connectivity index (χ3v) is 6.62. The number of rotatable bonds is 7. The minimum atomic E-state index is -0.424. The number of aromatic hydroxyl groups is 1. The monoisotopic (exact) mass is 498 g/mol. The molecule has 2 aromatic rings. The van der Waals surface area contributed by atoms with Crippen molar-refractivity contribution < 1.29 is 19.0 Å². The molecule has 0 bridgehead atoms. The Bertz CT molecular complexity index is 1130. The van der Waals surface area contributed by atoms with Gasteiger partial charge in [0, 0.05) is 44.8 Å². The van der Waals surface area contributed by atoms with Crippen LogP contribution in [0, 0.1) is 12.7 Å². The third kappa shape index (κ3) is 5.38. The van der Waals surface area contributed by atoms with Gasteiger partial charge in [-0.3, -0.25) is 4.79 Å². The minimum absolute atomic E-state index is 0.0727. The lowest BCUT2D eigenvalue weighted by Crippen LogP contribution is -2.49. The molecule has 0 unspecified atom stereocenters. The molecule has 2 aliphatic rings. The summed E-state index contributed by atoms with van der Waals surface area (Å²) >= 11 is 0. The predicted octanol–water partition coefficient (Wildman–Crippen LogP) is 2.36. The van der Waals surface area contributed by atoms with E-state index in [0.717, 1.165) is 17.1 Å². The normalized spacial score (nSPS) is 16.7. The molecule has 2 aliphatic heterocycles. The molecule has 1 amide bonds. The number of aryl methyl sites for hydroxylation is 1. The van der Waals surface area contributed by atoms with Crippen molar-refractivity contribution in [2.45, 2.75) is 32.9 Å². The maximum Gasteiger partial charge on any atom is 0.318 e. The van der Waals surface area contributed by atoms with Crippen LogP contribution in [-0.2, 0) is 17.8 Å². The van der Waals surface area contributed by atoms with E-state index in [0.29, 0.717) is 57.8 Å². The molecule has 1 atom stereocenters. The lowest BCUT2D eigenvalue weighted by molar-refractivity contribution is -0.126. The van der Waals surface area contributed by atoms with Gasteiger partial charge in [-0.25, -0.2) is 4.39 Å². The highest BCUT2D eigenvalue weighted by molar-refractivity contribution is 5.87. The zero-order chi connectivity index (χ0) is 26.0. The fourth-order valence-corrected chi connectivity index (χ4v) is 4.85. The van der Waals surface area contributed by atoms with Crippen molar-refractivity contribution in [3.63, 3.8) is 0 Å². The Balaban J connectivity index is 1.66. The largest absolute Gasteiger partial charge is 0.506 e. The number of fused-ring (bicyclic) bond motifs is 1. The van der Waals surface area contributed by atoms with Crippen LogP contribution < -0.4 is 14.5 Å². The van der Waals surface area contributed by atoms with Crippen molar-refractivity contribution >= 4 is 17.4 Å². The average Bonchev–Trinajstić information content (AvgIpc) is 2.85. The second kappa shape index (κ2) is 10.7. The number of hydrogen-bond donors (Lipinski definition) is 1. The van der Waals surface area contributed by atoms with Crippen molar-refractivity contribution in [2.24, 2.45) is 0 Å². The van der Waals surface area contributed by atoms with Crippen LogP contribution in [0.25, 0.3) is 0 Å². The van der Waals surface area contributed by atoms with Gasteiger partial charge in [0.25, 0.3) is 0 Å². The highest BCUT2D eigenvalue weighted by Gasteiger charge is 2.30. The summed E-state index contributed by atoms with van der Waals surface area (Å²) < 4.78 is 21.1. The number of phenolic OH excluding ortho intramolecular Hbond substituents is 1. The molecule has 1 aromatic carbocycles. The summed E-state index contributed by atoms with van der Waals surface area (Å²) in [6, 6.07) is 3.37. The van der Waals surface area contributed by atoms with E-state index >= 15 is 0 Å². The molecule has 3 heterocycles. The molecule has 36 heavy (non-hydrogen) atoms. The molecule has 10 heteroatoms. The summed E-state index contributed by atoms with van der Waals surface area (Å²) in [6.07, 6.45) is 1.80. The summed E-state index contributed by atoms with van der Waals surface area (Å²) in [7, 11) is 3.95. The van der Waals surface area contributed by atoms with E-state index in [1.165, 1.54) is 12.1 Å². The molecular weight excluding hydrogens is 463 g/mol. The van der Waals surface area contributed by atoms with E-state index in [1.54, 1.807) is 17.9 Å². The van der Waals surface area contributed by atoms with Crippen molar-refractivity contribution in [1.29, 1.82) is 0 Å². The fourth-order valence-electron chi connectivity index (χ4n) is 4.85. The quantitative estimate of drug-likeness (QED) is 0.583. The summed E-state index contributed by atoms with van der Waals surface area (Å²) in [5, 5.41) is 10.4. The van der Waals surface area contributed by atoms with Crippen LogP contribution in [-0.4, -0.2) is 90.2 Å². The first-order valence-corrected chi connectivity index (χ1v) is 12.3. The minimum Gasteiger partial charge on any atom is -0.506 e. The Hall–Kier alpha value is -3.40. The number of ether oxygens (including phenoxy) is 1. The Morgan fingerprint density at radius 2 is 1.94 bits per heavy atom. The van der Waals surface area contributed by atoms with Gasteiger partial charge in [0.2, 0.25) is 5.91 Å². The van der Waals surface area contributed by atoms with Gasteiger partial charge in [-0.05, 0) is 52.1 Å². The third-order valence-electron chi connectivity index (χ3n) is 6.62. The van der Waals surface area contributed by atoms with E-state index in [2.05, 4.69) is 11.5 Å². The molecule has 1 aromatic heterocycles. The van der Waals surface area contributed by atoms with Crippen LogP contribution in [0.15, 0.2) is 24.8 Å². The summed E-state index contributed by atoms with van der Waals surface area (Å²) in [5.41, 5.74) is 2.42. The predicted molar refractivity (Wildman–Crippen MR) is 137 cm³/mol. The van der Waals surface area contributed by atoms with Gasteiger partial charge in [0.1, 0.15) is 23.4 Å². The number of piperazine rings is 1. The van der Waals surface area contributed by atoms with E-state index < -0.39 is 5.82 Å². The lowest BCUT2D eigenvalue weighted by atomic mass is 10.0. The van der Waals surface area contributed by atoms with E-state index in [9.17, 15) is 14.3 Å². The number of hydrogen-bond acceptors (Lipinski definition) is 8. The van der Waals surface area contributed by atoms with Gasteiger partial charge < -0.3 is 29.4 Å². The Morgan fingerprint density at radius 3 is 2.61 bits per heavy atom. The van der Waals surface area contributed by atoms with Gasteiger partial charge in [0.05, 0.1) is 12.2 Å². The van der Waals surface area contributed by atoms with Crippen LogP contribution in [0.3, 0.4) is 0 Å². The zero-order valence-corrected chi connectivity index (χ0v) is 21.5. The smallest absolute Gasteiger partial charge is 0.318 e. The first-order valence-electron chi connectivity index (χ1n) is 12.3. The second-order valence-electron chi connectivity index (χ2n) is 9.70. The van der Waals surface area contributed by atoms with Crippen molar-refractivity contribution in [1.82, 2.24) is 19.8 Å². The Morgan fingerprint density at radius 1 is 1.22 bits per heavy atom. The topological polar surface area (TPSA) is 85.3 Å². The molecule has 9 nitrogen and oxygen atoms in total. The number of phenols is 1. The molecule has 1 saturated heterocycles. The van der Waals surface area contributed by atoms with Crippen LogP contribution in [0.1, 0.15) is 23.7 Å². The second-order valence-corrected chi connectivity index (χ2v) is 9.70. The summed E-state index contributed by atoms with van der Waals surface area (Å²) in [4.78, 5) is 29.4. The number of amides is 1. The maximum atomic E-state index is 15.0. The van der Waals surface area contributed by atoms with Crippen LogP contribution in [0.5, 0.6) is 11.8 Å². The highest BCUT2D eigenvalue weighted by Crippen LogP contribution is 2.37. The fraction of sp³-hybridized carbons (Fsp3) is 0.500. The first-order chi connectivity index (χ1) is 17.2. The molecule has 0 aliphatic carbocycles. The molecule has 4 rings (SSSR count). The van der Waals surface area contributed by atoms with Gasteiger partial charge in [-0.1, -0.05) is 12.6 Å². The zero-order valence-electron chi connectivity index (χ0n) is 21.5. The van der Waals surface area contributed by atoms with E-state index in [1.807, 2.05) is 30.8 Å².